The largest absolute Gasteiger partial charge is 0.438 e. The van der Waals surface area contributed by atoms with Gasteiger partial charge in [-0.2, -0.15) is 0 Å². The van der Waals surface area contributed by atoms with Gasteiger partial charge >= 0.3 is 0 Å². The predicted octanol–water partition coefficient (Wildman–Crippen LogP) is 3.44. The van der Waals surface area contributed by atoms with Crippen LogP contribution in [0.4, 0.5) is 0 Å². The summed E-state index contributed by atoms with van der Waals surface area (Å²) in [5, 5.41) is 9.19. The van der Waals surface area contributed by atoms with Crippen molar-refractivity contribution in [3.63, 3.8) is 0 Å². The lowest BCUT2D eigenvalue weighted by molar-refractivity contribution is 0.275. The zero-order valence-corrected chi connectivity index (χ0v) is 10.9. The number of benzene rings is 1. The van der Waals surface area contributed by atoms with Gasteiger partial charge in [0.25, 0.3) is 0 Å². The monoisotopic (exact) mass is 293 g/mol. The highest BCUT2D eigenvalue weighted by Crippen LogP contribution is 2.28. The highest BCUT2D eigenvalue weighted by molar-refractivity contribution is 9.10. The smallest absolute Gasteiger partial charge is 0.224 e. The van der Waals surface area contributed by atoms with Crippen LogP contribution in [-0.2, 0) is 6.61 Å². The Kier molecular flexibility index (Phi) is 3.76. The van der Waals surface area contributed by atoms with Crippen LogP contribution in [0.3, 0.4) is 0 Å². The Hall–Kier alpha value is -1.39. The first kappa shape index (κ1) is 12.1. The number of hydrogen-bond acceptors (Lipinski definition) is 3. The van der Waals surface area contributed by atoms with Crippen molar-refractivity contribution in [3.05, 3.63) is 52.1 Å². The molecule has 0 aliphatic heterocycles. The molecule has 0 unspecified atom stereocenters. The number of halogens is 1. The molecule has 0 saturated heterocycles. The second kappa shape index (κ2) is 5.29. The third-order valence-corrected chi connectivity index (χ3v) is 2.87. The van der Waals surface area contributed by atoms with Crippen molar-refractivity contribution in [1.82, 2.24) is 4.98 Å². The van der Waals surface area contributed by atoms with Gasteiger partial charge in [-0.25, -0.2) is 4.98 Å². The van der Waals surface area contributed by atoms with Gasteiger partial charge in [-0.05, 0) is 36.8 Å². The van der Waals surface area contributed by atoms with E-state index in [1.165, 1.54) is 0 Å². The van der Waals surface area contributed by atoms with E-state index in [0.717, 1.165) is 15.8 Å². The lowest BCUT2D eigenvalue weighted by atomic mass is 10.2. The van der Waals surface area contributed by atoms with E-state index < -0.39 is 0 Å². The molecule has 88 valence electrons. The van der Waals surface area contributed by atoms with E-state index in [1.54, 1.807) is 18.3 Å². The van der Waals surface area contributed by atoms with E-state index in [0.29, 0.717) is 11.4 Å². The molecule has 0 radical (unpaired) electrons. The molecular formula is C13H12BrNO2. The summed E-state index contributed by atoms with van der Waals surface area (Å²) in [5.41, 5.74) is 1.69. The van der Waals surface area contributed by atoms with Gasteiger partial charge in [0.15, 0.2) is 0 Å². The van der Waals surface area contributed by atoms with Crippen LogP contribution in [0, 0.1) is 6.92 Å². The second-order valence-corrected chi connectivity index (χ2v) is 4.55. The van der Waals surface area contributed by atoms with E-state index in [2.05, 4.69) is 20.9 Å². The quantitative estimate of drug-likeness (QED) is 0.943. The minimum Gasteiger partial charge on any atom is -0.438 e. The first-order chi connectivity index (χ1) is 8.20. The first-order valence-corrected chi connectivity index (χ1v) is 5.99. The van der Waals surface area contributed by atoms with Gasteiger partial charge in [-0.15, -0.1) is 0 Å². The molecule has 17 heavy (non-hydrogen) atoms. The van der Waals surface area contributed by atoms with Crippen LogP contribution in [0.15, 0.2) is 41.0 Å². The number of pyridine rings is 1. The third kappa shape index (κ3) is 2.84. The fourth-order valence-electron chi connectivity index (χ4n) is 1.42. The number of rotatable bonds is 3. The van der Waals surface area contributed by atoms with Gasteiger partial charge in [-0.1, -0.05) is 22.0 Å². The molecule has 0 aliphatic carbocycles. The maximum Gasteiger partial charge on any atom is 0.224 e. The molecule has 0 spiro atoms. The van der Waals surface area contributed by atoms with Crippen LogP contribution >= 0.6 is 15.9 Å². The highest BCUT2D eigenvalue weighted by atomic mass is 79.9. The summed E-state index contributed by atoms with van der Waals surface area (Å²) in [6, 6.07) is 9.35. The molecule has 0 fully saturated rings. The van der Waals surface area contributed by atoms with E-state index in [4.69, 9.17) is 4.74 Å². The zero-order valence-electron chi connectivity index (χ0n) is 9.35. The molecule has 0 aliphatic rings. The summed E-state index contributed by atoms with van der Waals surface area (Å²) in [5.74, 6) is 1.17. The van der Waals surface area contributed by atoms with Crippen molar-refractivity contribution in [2.24, 2.45) is 0 Å². The minimum atomic E-state index is -0.0871. The summed E-state index contributed by atoms with van der Waals surface area (Å²) >= 11 is 3.40. The van der Waals surface area contributed by atoms with Gasteiger partial charge in [0.1, 0.15) is 5.75 Å². The number of ether oxygens (including phenoxy) is 1. The Morgan fingerprint density at radius 3 is 2.94 bits per heavy atom. The van der Waals surface area contributed by atoms with E-state index in [1.807, 2.05) is 25.1 Å². The minimum absolute atomic E-state index is 0.0871. The van der Waals surface area contributed by atoms with Crippen LogP contribution in [0.1, 0.15) is 11.1 Å². The highest BCUT2D eigenvalue weighted by Gasteiger charge is 2.07. The van der Waals surface area contributed by atoms with Crippen molar-refractivity contribution in [2.75, 3.05) is 0 Å². The molecule has 3 nitrogen and oxygen atoms in total. The summed E-state index contributed by atoms with van der Waals surface area (Å²) in [7, 11) is 0. The van der Waals surface area contributed by atoms with E-state index in [-0.39, 0.29) is 6.61 Å². The molecule has 0 atom stereocenters. The maximum atomic E-state index is 9.19. The Morgan fingerprint density at radius 2 is 2.18 bits per heavy atom. The Bertz CT molecular complexity index is 529. The van der Waals surface area contributed by atoms with Crippen LogP contribution in [-0.4, -0.2) is 10.1 Å². The third-order valence-electron chi connectivity index (χ3n) is 2.38. The average Bonchev–Trinajstić information content (AvgIpc) is 2.34. The van der Waals surface area contributed by atoms with Gasteiger partial charge < -0.3 is 9.84 Å². The van der Waals surface area contributed by atoms with Gasteiger partial charge in [0.05, 0.1) is 6.61 Å². The zero-order chi connectivity index (χ0) is 12.3. The van der Waals surface area contributed by atoms with E-state index >= 15 is 0 Å². The Balaban J connectivity index is 2.34. The molecule has 1 heterocycles. The number of aromatic nitrogens is 1. The van der Waals surface area contributed by atoms with Crippen molar-refractivity contribution in [2.45, 2.75) is 13.5 Å². The molecule has 4 heteroatoms. The molecule has 1 aromatic carbocycles. The van der Waals surface area contributed by atoms with Crippen LogP contribution < -0.4 is 4.74 Å². The molecule has 1 N–H and O–H groups in total. The van der Waals surface area contributed by atoms with Crippen molar-refractivity contribution in [1.29, 1.82) is 0 Å². The van der Waals surface area contributed by atoms with Gasteiger partial charge in [-0.3, -0.25) is 0 Å². The molecule has 0 bridgehead atoms. The molecule has 2 rings (SSSR count). The molecule has 0 amide bonds. The summed E-state index contributed by atoms with van der Waals surface area (Å²) in [6.07, 6.45) is 1.64. The Morgan fingerprint density at radius 1 is 1.35 bits per heavy atom. The first-order valence-electron chi connectivity index (χ1n) is 5.19. The molecule has 1 aromatic heterocycles. The fourth-order valence-corrected chi connectivity index (χ4v) is 1.76. The van der Waals surface area contributed by atoms with Crippen molar-refractivity contribution >= 4 is 15.9 Å². The van der Waals surface area contributed by atoms with Gasteiger partial charge in [0.2, 0.25) is 5.88 Å². The van der Waals surface area contributed by atoms with Crippen molar-refractivity contribution < 1.29 is 9.84 Å². The standard InChI is InChI=1S/C13H12BrNO2/c1-9-4-5-11(14)7-12(9)17-13-10(8-16)3-2-6-15-13/h2-7,16H,8H2,1H3. The van der Waals surface area contributed by atoms with E-state index in [9.17, 15) is 5.11 Å². The normalized spacial score (nSPS) is 10.3. The molecule has 0 saturated carbocycles. The van der Waals surface area contributed by atoms with Crippen LogP contribution in [0.5, 0.6) is 11.6 Å². The van der Waals surface area contributed by atoms with Crippen molar-refractivity contribution in [3.8, 4) is 11.6 Å². The topological polar surface area (TPSA) is 42.4 Å². The second-order valence-electron chi connectivity index (χ2n) is 3.64. The SMILES string of the molecule is Cc1ccc(Br)cc1Oc1ncccc1CO. The molecule has 2 aromatic rings. The van der Waals surface area contributed by atoms with Crippen LogP contribution in [0.25, 0.3) is 0 Å². The van der Waals surface area contributed by atoms with Crippen LogP contribution in [0.2, 0.25) is 0 Å². The average molecular weight is 294 g/mol. The summed E-state index contributed by atoms with van der Waals surface area (Å²) < 4.78 is 6.65. The number of aliphatic hydroxyl groups excluding tert-OH is 1. The predicted molar refractivity (Wildman–Crippen MR) is 69.1 cm³/mol. The maximum absolute atomic E-state index is 9.19. The number of aryl methyl sites for hydroxylation is 1. The fraction of sp³-hybridized carbons (Fsp3) is 0.154. The molecular weight excluding hydrogens is 282 g/mol. The lowest BCUT2D eigenvalue weighted by Gasteiger charge is -2.10. The lowest BCUT2D eigenvalue weighted by Crippen LogP contribution is -1.95. The Labute approximate surface area is 108 Å². The van der Waals surface area contributed by atoms with Gasteiger partial charge in [0, 0.05) is 16.2 Å². The summed E-state index contributed by atoms with van der Waals surface area (Å²) in [4.78, 5) is 4.12. The summed E-state index contributed by atoms with van der Waals surface area (Å²) in [6.45, 7) is 1.87. The number of hydrogen-bond donors (Lipinski definition) is 1. The number of nitrogens with zero attached hydrogens (tertiary/aromatic N) is 1. The number of aliphatic hydroxyl groups is 1.